The predicted octanol–water partition coefficient (Wildman–Crippen LogP) is 0.966. The van der Waals surface area contributed by atoms with Gasteiger partial charge < -0.3 is 15.3 Å². The molecule has 0 aliphatic carbocycles. The molecule has 0 aliphatic rings. The average Bonchev–Trinajstić information content (AvgIpc) is 2.36. The number of anilines is 1. The monoisotopic (exact) mass is 237 g/mol. The maximum Gasteiger partial charge on any atom is 0.257 e. The van der Waals surface area contributed by atoms with E-state index in [2.05, 4.69) is 10.3 Å². The molecule has 1 heterocycles. The number of rotatable bonds is 4. The van der Waals surface area contributed by atoms with Crippen molar-refractivity contribution < 1.29 is 9.90 Å². The summed E-state index contributed by atoms with van der Waals surface area (Å²) in [7, 11) is 3.39. The Kier molecular flexibility index (Phi) is 4.07. The Bertz CT molecular complexity index is 404. The Morgan fingerprint density at radius 3 is 2.76 bits per heavy atom. The van der Waals surface area contributed by atoms with E-state index in [0.717, 1.165) is 0 Å². The molecule has 17 heavy (non-hydrogen) atoms. The first-order valence-corrected chi connectivity index (χ1v) is 5.46. The van der Waals surface area contributed by atoms with Crippen LogP contribution in [0, 0.1) is 0 Å². The minimum atomic E-state index is -0.599. The molecule has 0 radical (unpaired) electrons. The first-order valence-electron chi connectivity index (χ1n) is 5.46. The van der Waals surface area contributed by atoms with Crippen molar-refractivity contribution in [2.24, 2.45) is 0 Å². The molecule has 0 aliphatic heterocycles. The number of nitrogens with one attached hydrogen (secondary N) is 1. The standard InChI is InChI=1S/C12H19N3O2/c1-12(2,8-16)15(4)11(17)9-6-5-7-14-10(9)13-3/h5-7,16H,8H2,1-4H3,(H,13,14). The lowest BCUT2D eigenvalue weighted by Crippen LogP contribution is -2.47. The summed E-state index contributed by atoms with van der Waals surface area (Å²) in [5.41, 5.74) is -0.100. The van der Waals surface area contributed by atoms with Crippen molar-refractivity contribution in [3.8, 4) is 0 Å². The molecular weight excluding hydrogens is 218 g/mol. The number of aliphatic hydroxyl groups excluding tert-OH is 1. The van der Waals surface area contributed by atoms with E-state index in [-0.39, 0.29) is 12.5 Å². The smallest absolute Gasteiger partial charge is 0.257 e. The molecule has 0 saturated heterocycles. The summed E-state index contributed by atoms with van der Waals surface area (Å²) in [5.74, 6) is 0.375. The van der Waals surface area contributed by atoms with Crippen LogP contribution < -0.4 is 5.32 Å². The number of aliphatic hydroxyl groups is 1. The second kappa shape index (κ2) is 5.14. The number of hydrogen-bond acceptors (Lipinski definition) is 4. The van der Waals surface area contributed by atoms with E-state index in [4.69, 9.17) is 0 Å². The number of likely N-dealkylation sites (N-methyl/N-ethyl adjacent to an activating group) is 1. The highest BCUT2D eigenvalue weighted by atomic mass is 16.3. The van der Waals surface area contributed by atoms with Crippen LogP contribution >= 0.6 is 0 Å². The van der Waals surface area contributed by atoms with Gasteiger partial charge in [0.05, 0.1) is 17.7 Å². The first kappa shape index (κ1) is 13.4. The number of hydrogen-bond donors (Lipinski definition) is 2. The number of pyridine rings is 1. The van der Waals surface area contributed by atoms with E-state index in [0.29, 0.717) is 11.4 Å². The highest BCUT2D eigenvalue weighted by Crippen LogP contribution is 2.18. The van der Waals surface area contributed by atoms with Crippen molar-refractivity contribution in [2.45, 2.75) is 19.4 Å². The minimum absolute atomic E-state index is 0.0929. The summed E-state index contributed by atoms with van der Waals surface area (Å²) in [4.78, 5) is 17.9. The van der Waals surface area contributed by atoms with Gasteiger partial charge in [-0.15, -0.1) is 0 Å². The van der Waals surface area contributed by atoms with Crippen LogP contribution in [0.1, 0.15) is 24.2 Å². The highest BCUT2D eigenvalue weighted by Gasteiger charge is 2.28. The molecule has 1 aromatic rings. The maximum absolute atomic E-state index is 12.3. The van der Waals surface area contributed by atoms with Crippen LogP contribution in [0.15, 0.2) is 18.3 Å². The van der Waals surface area contributed by atoms with Crippen LogP contribution in [-0.2, 0) is 0 Å². The highest BCUT2D eigenvalue weighted by molar-refractivity contribution is 5.98. The van der Waals surface area contributed by atoms with Gasteiger partial charge in [-0.1, -0.05) is 0 Å². The van der Waals surface area contributed by atoms with Crippen molar-refractivity contribution in [2.75, 3.05) is 26.0 Å². The van der Waals surface area contributed by atoms with Gasteiger partial charge in [0.2, 0.25) is 0 Å². The minimum Gasteiger partial charge on any atom is -0.394 e. The van der Waals surface area contributed by atoms with Gasteiger partial charge in [0.25, 0.3) is 5.91 Å². The van der Waals surface area contributed by atoms with E-state index >= 15 is 0 Å². The molecule has 0 aromatic carbocycles. The third-order valence-electron chi connectivity index (χ3n) is 2.87. The summed E-state index contributed by atoms with van der Waals surface area (Å²) < 4.78 is 0. The van der Waals surface area contributed by atoms with Crippen LogP contribution in [0.25, 0.3) is 0 Å². The Morgan fingerprint density at radius 1 is 1.59 bits per heavy atom. The molecule has 0 atom stereocenters. The summed E-state index contributed by atoms with van der Waals surface area (Å²) in [6.45, 7) is 3.52. The van der Waals surface area contributed by atoms with Gasteiger partial charge in [0, 0.05) is 20.3 Å². The number of aromatic nitrogens is 1. The van der Waals surface area contributed by atoms with Crippen LogP contribution in [0.4, 0.5) is 5.82 Å². The predicted molar refractivity (Wildman–Crippen MR) is 67.0 cm³/mol. The fourth-order valence-electron chi connectivity index (χ4n) is 1.34. The van der Waals surface area contributed by atoms with Crippen molar-refractivity contribution in [3.63, 3.8) is 0 Å². The molecule has 0 saturated carbocycles. The quantitative estimate of drug-likeness (QED) is 0.819. The number of nitrogens with zero attached hydrogens (tertiary/aromatic N) is 2. The Labute approximate surface area is 101 Å². The van der Waals surface area contributed by atoms with Gasteiger partial charge in [-0.25, -0.2) is 4.98 Å². The van der Waals surface area contributed by atoms with Crippen molar-refractivity contribution in [3.05, 3.63) is 23.9 Å². The van der Waals surface area contributed by atoms with Crippen molar-refractivity contribution in [1.82, 2.24) is 9.88 Å². The zero-order valence-corrected chi connectivity index (χ0v) is 10.7. The molecule has 5 nitrogen and oxygen atoms in total. The van der Waals surface area contributed by atoms with E-state index in [1.54, 1.807) is 46.3 Å². The SMILES string of the molecule is CNc1ncccc1C(=O)N(C)C(C)(C)CO. The zero-order valence-electron chi connectivity index (χ0n) is 10.7. The second-order valence-electron chi connectivity index (χ2n) is 4.48. The largest absolute Gasteiger partial charge is 0.394 e. The van der Waals surface area contributed by atoms with Gasteiger partial charge in [-0.2, -0.15) is 0 Å². The van der Waals surface area contributed by atoms with Gasteiger partial charge in [-0.05, 0) is 26.0 Å². The lowest BCUT2D eigenvalue weighted by atomic mass is 10.0. The van der Waals surface area contributed by atoms with Gasteiger partial charge in [-0.3, -0.25) is 4.79 Å². The molecule has 1 aromatic heterocycles. The van der Waals surface area contributed by atoms with Crippen LogP contribution in [-0.4, -0.2) is 47.1 Å². The summed E-state index contributed by atoms with van der Waals surface area (Å²) >= 11 is 0. The van der Waals surface area contributed by atoms with Gasteiger partial charge >= 0.3 is 0 Å². The lowest BCUT2D eigenvalue weighted by molar-refractivity contribution is 0.0474. The van der Waals surface area contributed by atoms with Crippen LogP contribution in [0.5, 0.6) is 0 Å². The number of carbonyl (C=O) groups excluding carboxylic acids is 1. The summed E-state index contributed by atoms with van der Waals surface area (Å²) in [6, 6.07) is 3.43. The fraction of sp³-hybridized carbons (Fsp3) is 0.500. The van der Waals surface area contributed by atoms with Crippen LogP contribution in [0.2, 0.25) is 0 Å². The average molecular weight is 237 g/mol. The van der Waals surface area contributed by atoms with E-state index in [1.807, 2.05) is 0 Å². The van der Waals surface area contributed by atoms with Gasteiger partial charge in [0.15, 0.2) is 0 Å². The Balaban J connectivity index is 3.04. The van der Waals surface area contributed by atoms with Crippen molar-refractivity contribution >= 4 is 11.7 Å². The third-order valence-corrected chi connectivity index (χ3v) is 2.87. The van der Waals surface area contributed by atoms with Crippen LogP contribution in [0.3, 0.4) is 0 Å². The molecule has 1 amide bonds. The number of amides is 1. The maximum atomic E-state index is 12.3. The Morgan fingerprint density at radius 2 is 2.24 bits per heavy atom. The number of carbonyl (C=O) groups is 1. The second-order valence-corrected chi connectivity index (χ2v) is 4.48. The summed E-state index contributed by atoms with van der Waals surface area (Å²) in [6.07, 6.45) is 1.62. The zero-order chi connectivity index (χ0) is 13.1. The molecule has 2 N–H and O–H groups in total. The normalized spacial score (nSPS) is 11.1. The molecule has 0 unspecified atom stereocenters. The lowest BCUT2D eigenvalue weighted by Gasteiger charge is -2.34. The fourth-order valence-corrected chi connectivity index (χ4v) is 1.34. The molecular formula is C12H19N3O2. The van der Waals surface area contributed by atoms with E-state index in [1.165, 1.54) is 4.90 Å². The molecule has 1 rings (SSSR count). The topological polar surface area (TPSA) is 65.5 Å². The van der Waals surface area contributed by atoms with Crippen molar-refractivity contribution in [1.29, 1.82) is 0 Å². The molecule has 5 heteroatoms. The molecule has 0 spiro atoms. The van der Waals surface area contributed by atoms with Gasteiger partial charge in [0.1, 0.15) is 5.82 Å². The Hall–Kier alpha value is -1.62. The first-order chi connectivity index (χ1) is 7.94. The molecule has 0 fully saturated rings. The molecule has 0 bridgehead atoms. The third kappa shape index (κ3) is 2.74. The molecule has 94 valence electrons. The summed E-state index contributed by atoms with van der Waals surface area (Å²) in [5, 5.41) is 12.1. The van der Waals surface area contributed by atoms with E-state index in [9.17, 15) is 9.90 Å². The van der Waals surface area contributed by atoms with E-state index < -0.39 is 5.54 Å².